The third-order valence-corrected chi connectivity index (χ3v) is 11.9. The fourth-order valence-electron chi connectivity index (χ4n) is 9.06. The van der Waals surface area contributed by atoms with Crippen LogP contribution in [0.2, 0.25) is 0 Å². The van der Waals surface area contributed by atoms with Crippen molar-refractivity contribution in [3.8, 4) is 33.4 Å². The molecule has 0 amide bonds. The molecule has 0 N–H and O–H groups in total. The Kier molecular flexibility index (Phi) is 7.54. The summed E-state index contributed by atoms with van der Waals surface area (Å²) in [5.74, 6) is 0. The van der Waals surface area contributed by atoms with Crippen molar-refractivity contribution in [3.63, 3.8) is 0 Å². The second-order valence-corrected chi connectivity index (χ2v) is 15.2. The molecule has 0 aliphatic rings. The summed E-state index contributed by atoms with van der Waals surface area (Å²) >= 11 is 0. The van der Waals surface area contributed by atoms with Gasteiger partial charge >= 0.3 is 0 Å². The van der Waals surface area contributed by atoms with Crippen LogP contribution in [-0.4, -0.2) is 0 Å². The van der Waals surface area contributed by atoms with Crippen LogP contribution in [0.25, 0.3) is 98.8 Å². The topological polar surface area (TPSA) is 29.5 Å². The molecule has 12 rings (SSSR count). The fourth-order valence-corrected chi connectivity index (χ4v) is 9.06. The molecule has 0 aliphatic heterocycles. The summed E-state index contributed by atoms with van der Waals surface area (Å²) in [7, 11) is 0. The molecule has 0 fully saturated rings. The summed E-state index contributed by atoms with van der Waals surface area (Å²) in [5, 5.41) is 9.16. The largest absolute Gasteiger partial charge is 0.456 e. The van der Waals surface area contributed by atoms with E-state index in [1.165, 1.54) is 27.5 Å². The Hall–Kier alpha value is -7.88. The van der Waals surface area contributed by atoms with Crippen molar-refractivity contribution in [1.29, 1.82) is 0 Å². The predicted octanol–water partition coefficient (Wildman–Crippen LogP) is 16.3. The molecule has 0 saturated carbocycles. The zero-order valence-corrected chi connectivity index (χ0v) is 32.0. The highest BCUT2D eigenvalue weighted by atomic mass is 16.3. The molecule has 3 heteroatoms. The van der Waals surface area contributed by atoms with Crippen LogP contribution in [0, 0.1) is 0 Å². The standard InChI is InChI=1S/C56H35NO2/c1-3-14-43-38(11-1)13-9-18-44(43)40-25-23-36(24-26-40)37-27-31-42(32-28-37)57(51-20-10-22-54-55(51)48-33-29-39-12-2-4-16-46(39)56(48)59-54)50-19-7-5-15-45(50)41-30-34-53-49(35-41)47-17-6-8-21-52(47)58-53/h1-35H. The third-order valence-electron chi connectivity index (χ3n) is 11.9. The van der Waals surface area contributed by atoms with E-state index in [-0.39, 0.29) is 0 Å². The van der Waals surface area contributed by atoms with E-state index >= 15 is 0 Å². The van der Waals surface area contributed by atoms with Gasteiger partial charge in [-0.3, -0.25) is 0 Å². The number of benzene rings is 10. The lowest BCUT2D eigenvalue weighted by atomic mass is 9.96. The minimum atomic E-state index is 0.852. The Balaban J connectivity index is 1.02. The molecule has 0 unspecified atom stereocenters. The highest BCUT2D eigenvalue weighted by molar-refractivity contribution is 6.20. The summed E-state index contributed by atoms with van der Waals surface area (Å²) in [6.45, 7) is 0. The summed E-state index contributed by atoms with van der Waals surface area (Å²) in [5.41, 5.74) is 13.7. The molecule has 2 heterocycles. The van der Waals surface area contributed by atoms with Crippen LogP contribution in [0.5, 0.6) is 0 Å². The second-order valence-electron chi connectivity index (χ2n) is 15.2. The lowest BCUT2D eigenvalue weighted by Gasteiger charge is -2.28. The Morgan fingerprint density at radius 2 is 0.881 bits per heavy atom. The fraction of sp³-hybridized carbons (Fsp3) is 0. The van der Waals surface area contributed by atoms with Crippen molar-refractivity contribution in [2.45, 2.75) is 0 Å². The van der Waals surface area contributed by atoms with Crippen LogP contribution in [0.4, 0.5) is 17.1 Å². The van der Waals surface area contributed by atoms with Crippen LogP contribution < -0.4 is 4.90 Å². The molecule has 2 aromatic heterocycles. The molecule has 0 atom stereocenters. The summed E-state index contributed by atoms with van der Waals surface area (Å²) < 4.78 is 13.0. The van der Waals surface area contributed by atoms with E-state index in [1.807, 2.05) is 12.1 Å². The molecule has 0 spiro atoms. The monoisotopic (exact) mass is 753 g/mol. The number of furan rings is 2. The van der Waals surface area contributed by atoms with Gasteiger partial charge in [-0.2, -0.15) is 0 Å². The van der Waals surface area contributed by atoms with Crippen molar-refractivity contribution in [2.75, 3.05) is 4.90 Å². The molecule has 276 valence electrons. The summed E-state index contributed by atoms with van der Waals surface area (Å²) in [6.07, 6.45) is 0. The molecule has 12 aromatic rings. The van der Waals surface area contributed by atoms with Crippen LogP contribution in [0.15, 0.2) is 221 Å². The van der Waals surface area contributed by atoms with Gasteiger partial charge in [0.1, 0.15) is 22.3 Å². The second kappa shape index (κ2) is 13.4. The molecular formula is C56H35NO2. The Morgan fingerprint density at radius 1 is 0.305 bits per heavy atom. The number of fused-ring (bicyclic) bond motifs is 9. The summed E-state index contributed by atoms with van der Waals surface area (Å²) in [6, 6.07) is 75.8. The van der Waals surface area contributed by atoms with Gasteiger partial charge in [-0.1, -0.05) is 158 Å². The molecule has 10 aromatic carbocycles. The number of anilines is 3. The zero-order valence-electron chi connectivity index (χ0n) is 32.0. The summed E-state index contributed by atoms with van der Waals surface area (Å²) in [4.78, 5) is 2.40. The molecule has 0 saturated heterocycles. The minimum absolute atomic E-state index is 0.852. The Morgan fingerprint density at radius 3 is 1.73 bits per heavy atom. The van der Waals surface area contributed by atoms with Crippen molar-refractivity contribution >= 4 is 82.5 Å². The molecular weight excluding hydrogens is 719 g/mol. The maximum atomic E-state index is 6.73. The van der Waals surface area contributed by atoms with Crippen molar-refractivity contribution in [1.82, 2.24) is 0 Å². The van der Waals surface area contributed by atoms with Gasteiger partial charge in [-0.25, -0.2) is 0 Å². The SMILES string of the molecule is c1ccc(N(c2ccc(-c3ccc(-c4cccc5ccccc45)cc3)cc2)c2cccc3oc4c5ccccc5ccc4c23)c(-c2ccc3oc4ccccc4c3c2)c1. The molecule has 0 bridgehead atoms. The Bertz CT molecular complexity index is 3550. The number of nitrogens with zero attached hydrogens (tertiary/aromatic N) is 1. The number of para-hydroxylation sites is 2. The van der Waals surface area contributed by atoms with Crippen LogP contribution >= 0.6 is 0 Å². The third kappa shape index (κ3) is 5.44. The highest BCUT2D eigenvalue weighted by Crippen LogP contribution is 2.47. The highest BCUT2D eigenvalue weighted by Gasteiger charge is 2.23. The van der Waals surface area contributed by atoms with E-state index in [1.54, 1.807) is 0 Å². The molecule has 3 nitrogen and oxygen atoms in total. The van der Waals surface area contributed by atoms with Crippen LogP contribution in [0.1, 0.15) is 0 Å². The van der Waals surface area contributed by atoms with Crippen molar-refractivity contribution in [3.05, 3.63) is 212 Å². The van der Waals surface area contributed by atoms with Gasteiger partial charge in [0.15, 0.2) is 0 Å². The van der Waals surface area contributed by atoms with Gasteiger partial charge < -0.3 is 13.7 Å². The number of hydrogen-bond acceptors (Lipinski definition) is 3. The Labute approximate surface area is 340 Å². The van der Waals surface area contributed by atoms with Gasteiger partial charge in [0.25, 0.3) is 0 Å². The lowest BCUT2D eigenvalue weighted by molar-refractivity contribution is 0.669. The smallest absolute Gasteiger partial charge is 0.143 e. The average molecular weight is 754 g/mol. The zero-order chi connectivity index (χ0) is 38.9. The lowest BCUT2D eigenvalue weighted by Crippen LogP contribution is -2.11. The molecule has 0 radical (unpaired) electrons. The van der Waals surface area contributed by atoms with Gasteiger partial charge in [-0.15, -0.1) is 0 Å². The van der Waals surface area contributed by atoms with Crippen LogP contribution in [-0.2, 0) is 0 Å². The van der Waals surface area contributed by atoms with E-state index in [0.717, 1.165) is 88.4 Å². The van der Waals surface area contributed by atoms with E-state index in [9.17, 15) is 0 Å². The normalized spacial score (nSPS) is 11.7. The molecule has 59 heavy (non-hydrogen) atoms. The van der Waals surface area contributed by atoms with E-state index in [2.05, 4.69) is 205 Å². The van der Waals surface area contributed by atoms with E-state index in [0.29, 0.717) is 0 Å². The predicted molar refractivity (Wildman–Crippen MR) is 247 cm³/mol. The first-order valence-corrected chi connectivity index (χ1v) is 20.1. The van der Waals surface area contributed by atoms with Gasteiger partial charge in [0.05, 0.1) is 16.8 Å². The first kappa shape index (κ1) is 33.3. The van der Waals surface area contributed by atoms with Gasteiger partial charge in [0, 0.05) is 32.8 Å². The first-order chi connectivity index (χ1) is 29.2. The van der Waals surface area contributed by atoms with Gasteiger partial charge in [-0.05, 0) is 98.6 Å². The van der Waals surface area contributed by atoms with E-state index < -0.39 is 0 Å². The minimum Gasteiger partial charge on any atom is -0.456 e. The van der Waals surface area contributed by atoms with Gasteiger partial charge in [0.2, 0.25) is 0 Å². The van der Waals surface area contributed by atoms with Crippen molar-refractivity contribution < 1.29 is 8.83 Å². The maximum Gasteiger partial charge on any atom is 0.143 e. The van der Waals surface area contributed by atoms with E-state index in [4.69, 9.17) is 8.83 Å². The first-order valence-electron chi connectivity index (χ1n) is 20.1. The molecule has 0 aliphatic carbocycles. The van der Waals surface area contributed by atoms with Crippen LogP contribution in [0.3, 0.4) is 0 Å². The number of hydrogen-bond donors (Lipinski definition) is 0. The van der Waals surface area contributed by atoms with Crippen molar-refractivity contribution in [2.24, 2.45) is 0 Å². The quantitative estimate of drug-likeness (QED) is 0.169. The number of rotatable bonds is 6. The average Bonchev–Trinajstić information content (AvgIpc) is 3.88. The maximum absolute atomic E-state index is 6.73.